The zero-order valence-corrected chi connectivity index (χ0v) is 42.6. The van der Waals surface area contributed by atoms with Crippen LogP contribution >= 0.6 is 15.6 Å². The van der Waals surface area contributed by atoms with E-state index in [0.717, 1.165) is 68.0 Å². The summed E-state index contributed by atoms with van der Waals surface area (Å²) in [5.41, 5.74) is 4.56. The number of nitrogen functional groups attached to an aromatic ring is 1. The monoisotopic (exact) mass is 1020 g/mol. The Labute approximate surface area is 407 Å². The van der Waals surface area contributed by atoms with Gasteiger partial charge in [0.15, 0.2) is 18.1 Å². The molecule has 1 fully saturated rings. The summed E-state index contributed by atoms with van der Waals surface area (Å²) >= 11 is 0. The molecule has 1 aliphatic rings. The number of phosphoric ester groups is 2. The van der Waals surface area contributed by atoms with Gasteiger partial charge in [-0.05, 0) is 56.6 Å². The smallest absolute Gasteiger partial charge is 0.462 e. The van der Waals surface area contributed by atoms with Gasteiger partial charge in [-0.2, -0.15) is 9.29 Å². The molecule has 0 radical (unpaired) electrons. The molecule has 1 aliphatic heterocycles. The normalized spacial score (nSPS) is 19.8. The van der Waals surface area contributed by atoms with Crippen LogP contribution in [-0.4, -0.2) is 91.5 Å². The Balaban J connectivity index is 1.87. The van der Waals surface area contributed by atoms with Gasteiger partial charge >= 0.3 is 33.3 Å². The molecule has 0 aliphatic carbocycles. The minimum atomic E-state index is -5.47. The first kappa shape index (κ1) is 61.5. The summed E-state index contributed by atoms with van der Waals surface area (Å²) in [5.74, 6) is -1.03. The van der Waals surface area contributed by atoms with Gasteiger partial charge in [-0.15, -0.1) is 0 Å². The molecule has 0 spiro atoms. The van der Waals surface area contributed by atoms with E-state index < -0.39 is 83.7 Å². The Morgan fingerprint density at radius 1 is 0.783 bits per heavy atom. The van der Waals surface area contributed by atoms with E-state index in [2.05, 4.69) is 48.3 Å². The lowest BCUT2D eigenvalue weighted by atomic mass is 10.0. The topological polar surface area (TPSA) is 283 Å². The number of nitrogens with two attached hydrogens (primary N) is 1. The highest BCUT2D eigenvalue weighted by Gasteiger charge is 2.46. The molecule has 2 heterocycles. The van der Waals surface area contributed by atoms with Crippen molar-refractivity contribution in [2.45, 2.75) is 186 Å². The van der Waals surface area contributed by atoms with Crippen molar-refractivity contribution < 1.29 is 71.1 Å². The maximum Gasteiger partial charge on any atom is 0.481 e. The van der Waals surface area contributed by atoms with Crippen LogP contribution in [0.25, 0.3) is 0 Å². The number of unbranched alkanes of at least 4 members (excludes halogenated alkanes) is 12. The predicted molar refractivity (Wildman–Crippen MR) is 261 cm³/mol. The predicted octanol–water partition coefficient (Wildman–Crippen LogP) is 8.81. The number of hydrogen-bond acceptors (Lipinski definition) is 16. The first-order valence-electron chi connectivity index (χ1n) is 24.5. The molecular weight excluding hydrogens is 936 g/mol. The number of hydrogen-bond donors (Lipinski definition) is 5. The fraction of sp³-hybridized carbons (Fsp3) is 0.688. The number of ketones is 1. The van der Waals surface area contributed by atoms with Crippen LogP contribution in [0.2, 0.25) is 0 Å². The van der Waals surface area contributed by atoms with Crippen molar-refractivity contribution >= 4 is 39.2 Å². The summed E-state index contributed by atoms with van der Waals surface area (Å²) in [5, 5.41) is 20.9. The quantitative estimate of drug-likeness (QED) is 0.0103. The number of anilines is 1. The second-order valence-corrected chi connectivity index (χ2v) is 20.5. The number of ether oxygens (including phenoxy) is 3. The number of nitrogens with zero attached hydrogens (tertiary/aromatic N) is 2. The van der Waals surface area contributed by atoms with E-state index in [9.17, 15) is 48.3 Å². The van der Waals surface area contributed by atoms with Gasteiger partial charge in [-0.1, -0.05) is 140 Å². The van der Waals surface area contributed by atoms with Gasteiger partial charge in [-0.25, -0.2) is 13.9 Å². The lowest BCUT2D eigenvalue weighted by Crippen LogP contribution is -2.36. The summed E-state index contributed by atoms with van der Waals surface area (Å²) in [6.07, 6.45) is 26.5. The molecule has 1 aromatic heterocycles. The molecule has 0 aromatic carbocycles. The van der Waals surface area contributed by atoms with Crippen LogP contribution in [0, 0.1) is 5.92 Å². The van der Waals surface area contributed by atoms with Gasteiger partial charge < -0.3 is 39.9 Å². The van der Waals surface area contributed by atoms with Gasteiger partial charge in [0, 0.05) is 25.5 Å². The second-order valence-electron chi connectivity index (χ2n) is 17.5. The van der Waals surface area contributed by atoms with E-state index >= 15 is 0 Å². The molecule has 7 atom stereocenters. The Kier molecular flexibility index (Phi) is 31.6. The molecule has 69 heavy (non-hydrogen) atoms. The zero-order chi connectivity index (χ0) is 50.9. The van der Waals surface area contributed by atoms with Crippen LogP contribution in [0.3, 0.4) is 0 Å². The van der Waals surface area contributed by atoms with Crippen molar-refractivity contribution in [3.8, 4) is 0 Å². The van der Waals surface area contributed by atoms with Gasteiger partial charge in [-0.3, -0.25) is 28.0 Å². The molecule has 2 rings (SSSR count). The lowest BCUT2D eigenvalue weighted by molar-refractivity contribution is -0.161. The van der Waals surface area contributed by atoms with Crippen LogP contribution in [0.1, 0.15) is 162 Å². The first-order chi connectivity index (χ1) is 32.9. The Morgan fingerprint density at radius 3 is 2.07 bits per heavy atom. The molecule has 21 heteroatoms. The molecule has 2 unspecified atom stereocenters. The number of carbonyl (C=O) groups excluding carboxylic acids is 3. The Morgan fingerprint density at radius 2 is 1.41 bits per heavy atom. The largest absolute Gasteiger partial charge is 0.481 e. The maximum absolute atomic E-state index is 12.8. The number of aliphatic hydroxyl groups is 2. The molecule has 19 nitrogen and oxygen atoms in total. The van der Waals surface area contributed by atoms with Crippen molar-refractivity contribution in [3.63, 3.8) is 0 Å². The molecule has 0 bridgehead atoms. The van der Waals surface area contributed by atoms with E-state index in [1.54, 1.807) is 12.2 Å². The first-order valence-corrected chi connectivity index (χ1v) is 27.5. The van der Waals surface area contributed by atoms with Crippen molar-refractivity contribution in [3.05, 3.63) is 71.4 Å². The molecule has 392 valence electrons. The van der Waals surface area contributed by atoms with Gasteiger partial charge in [0.05, 0.1) is 13.2 Å². The van der Waals surface area contributed by atoms with E-state index in [4.69, 9.17) is 29.0 Å². The highest BCUT2D eigenvalue weighted by molar-refractivity contribution is 7.61. The molecule has 0 saturated carbocycles. The average Bonchev–Trinajstić information content (AvgIpc) is 3.56. The average molecular weight is 1020 g/mol. The van der Waals surface area contributed by atoms with Crippen LogP contribution in [0.4, 0.5) is 5.82 Å². The third-order valence-electron chi connectivity index (χ3n) is 10.8. The molecule has 0 amide bonds. The number of carbonyl (C=O) groups is 3. The SMILES string of the molecule is CCCCC/C=C\C/C=C\C/C=C\C=C\C(=O)CCCC(=O)OC[C@H](COP(=O)(O)OP(=O)(O)OC[C@H]1O[C@@H](n2ccc(N)nc2=O)[C@H](O)[C@@H]1O)OC(=O)CCCCCCCCCCCCC(C)C. The maximum atomic E-state index is 12.8. The number of aliphatic hydroxyl groups excluding tert-OH is 2. The highest BCUT2D eigenvalue weighted by Crippen LogP contribution is 2.60. The van der Waals surface area contributed by atoms with Crippen molar-refractivity contribution in [1.29, 1.82) is 0 Å². The van der Waals surface area contributed by atoms with E-state index in [0.29, 0.717) is 6.42 Å². The summed E-state index contributed by atoms with van der Waals surface area (Å²) in [6, 6.07) is 1.23. The fourth-order valence-corrected chi connectivity index (χ4v) is 9.09. The van der Waals surface area contributed by atoms with E-state index in [-0.39, 0.29) is 37.3 Å². The zero-order valence-electron chi connectivity index (χ0n) is 40.8. The Hall–Kier alpha value is -3.61. The van der Waals surface area contributed by atoms with Crippen LogP contribution < -0.4 is 11.4 Å². The second kappa shape index (κ2) is 35.5. The van der Waals surface area contributed by atoms with Gasteiger partial charge in [0.25, 0.3) is 0 Å². The third-order valence-corrected chi connectivity index (χ3v) is 13.4. The summed E-state index contributed by atoms with van der Waals surface area (Å²) in [6.45, 7) is 4.14. The highest BCUT2D eigenvalue weighted by atomic mass is 31.3. The van der Waals surface area contributed by atoms with Gasteiger partial charge in [0.1, 0.15) is 30.7 Å². The van der Waals surface area contributed by atoms with E-state index in [1.165, 1.54) is 63.5 Å². The molecule has 1 aromatic rings. The summed E-state index contributed by atoms with van der Waals surface area (Å²) < 4.78 is 56.4. The minimum Gasteiger partial charge on any atom is -0.462 e. The number of allylic oxidation sites excluding steroid dienone is 8. The van der Waals surface area contributed by atoms with E-state index in [1.807, 2.05) is 12.2 Å². The lowest BCUT2D eigenvalue weighted by Gasteiger charge is -2.21. The molecule has 6 N–H and O–H groups in total. The Bertz CT molecular complexity index is 1920. The fourth-order valence-electron chi connectivity index (χ4n) is 6.98. The van der Waals surface area contributed by atoms with Gasteiger partial charge in [0.2, 0.25) is 0 Å². The van der Waals surface area contributed by atoms with Crippen LogP contribution in [0.5, 0.6) is 0 Å². The number of aromatic nitrogens is 2. The summed E-state index contributed by atoms with van der Waals surface area (Å²) in [4.78, 5) is 74.1. The number of esters is 2. The molecular formula is C48H79N3O16P2. The van der Waals surface area contributed by atoms with Crippen LogP contribution in [0.15, 0.2) is 65.7 Å². The van der Waals surface area contributed by atoms with Crippen molar-refractivity contribution in [2.75, 3.05) is 25.6 Å². The third kappa shape index (κ3) is 29.4. The van der Waals surface area contributed by atoms with Crippen LogP contribution in [-0.2, 0) is 51.1 Å². The molecule has 1 saturated heterocycles. The summed E-state index contributed by atoms with van der Waals surface area (Å²) in [7, 11) is -10.9. The van der Waals surface area contributed by atoms with Crippen molar-refractivity contribution in [1.82, 2.24) is 9.55 Å². The minimum absolute atomic E-state index is 0.000243. The standard InChI is InChI=1S/C48H79N3O16P2/c1-4-5-6-7-8-9-10-11-12-16-19-22-25-29-39(52)30-27-32-43(53)62-35-40(65-44(54)31-26-23-20-17-14-13-15-18-21-24-28-38(2)3)36-63-68(58,59)67-69(60,61)64-37-41-45(55)46(56)47(66-41)51-34-33-42(49)50-48(51)57/h8-9,11-12,19,22,25,29,33-34,38,40-41,45-47,55-56H,4-7,10,13-18,20-21,23-24,26-28,30-32,35-37H2,1-3H3,(H,58,59)(H,60,61)(H2,49,50,57)/b9-8-,12-11-,22-19-,29-25+/t40-,41-,45-,46-,47-/m1/s1. The number of phosphoric acid groups is 2. The number of rotatable bonds is 39. The van der Waals surface area contributed by atoms with Crippen molar-refractivity contribution in [2.24, 2.45) is 5.92 Å².